The zero-order valence-corrected chi connectivity index (χ0v) is 8.32. The molecule has 0 saturated heterocycles. The lowest BCUT2D eigenvalue weighted by molar-refractivity contribution is 0.112. The largest absolute Gasteiger partial charge is 0.331 e. The van der Waals surface area contributed by atoms with Gasteiger partial charge in [0.05, 0.1) is 11.0 Å². The molecule has 0 radical (unpaired) electrons. The fourth-order valence-corrected chi connectivity index (χ4v) is 1.65. The number of hydrogen-bond acceptors (Lipinski definition) is 2. The molecule has 1 aromatic carbocycles. The summed E-state index contributed by atoms with van der Waals surface area (Å²) >= 11 is 0. The van der Waals surface area contributed by atoms with Crippen LogP contribution in [0.3, 0.4) is 0 Å². The van der Waals surface area contributed by atoms with Crippen LogP contribution in [0.1, 0.15) is 23.1 Å². The molecule has 72 valence electrons. The lowest BCUT2D eigenvalue weighted by atomic mass is 10.2. The third-order valence-electron chi connectivity index (χ3n) is 2.45. The highest BCUT2D eigenvalue weighted by molar-refractivity contribution is 5.85. The topological polar surface area (TPSA) is 34.9 Å². The van der Waals surface area contributed by atoms with Crippen LogP contribution >= 0.6 is 0 Å². The van der Waals surface area contributed by atoms with E-state index >= 15 is 0 Å². The Bertz CT molecular complexity index is 485. The summed E-state index contributed by atoms with van der Waals surface area (Å²) in [6, 6.07) is 5.55. The van der Waals surface area contributed by atoms with E-state index in [1.54, 1.807) is 6.07 Å². The molecule has 0 aliphatic heterocycles. The number of benzene rings is 1. The van der Waals surface area contributed by atoms with E-state index in [9.17, 15) is 4.79 Å². The molecular formula is C11H12N2O. The molecule has 0 spiro atoms. The van der Waals surface area contributed by atoms with Crippen molar-refractivity contribution in [2.75, 3.05) is 0 Å². The summed E-state index contributed by atoms with van der Waals surface area (Å²) in [4.78, 5) is 15.1. The molecule has 0 aliphatic carbocycles. The standard InChI is InChI=1S/C11H12N2O/c1-3-11-12-9-5-4-8(7-14)6-10(9)13(11)2/h4-7H,3H2,1-2H3. The minimum absolute atomic E-state index is 0.697. The Morgan fingerprint density at radius 2 is 2.29 bits per heavy atom. The monoisotopic (exact) mass is 188 g/mol. The molecule has 14 heavy (non-hydrogen) atoms. The maximum absolute atomic E-state index is 10.6. The highest BCUT2D eigenvalue weighted by Gasteiger charge is 2.05. The summed E-state index contributed by atoms with van der Waals surface area (Å²) in [5, 5.41) is 0. The first-order chi connectivity index (χ1) is 6.76. The van der Waals surface area contributed by atoms with Gasteiger partial charge in [-0.2, -0.15) is 0 Å². The number of carbonyl (C=O) groups is 1. The molecule has 0 saturated carbocycles. The summed E-state index contributed by atoms with van der Waals surface area (Å²) in [5.41, 5.74) is 2.67. The number of imidazole rings is 1. The van der Waals surface area contributed by atoms with Crippen molar-refractivity contribution in [3.8, 4) is 0 Å². The van der Waals surface area contributed by atoms with Crippen LogP contribution in [0.4, 0.5) is 0 Å². The number of rotatable bonds is 2. The van der Waals surface area contributed by atoms with Crippen molar-refractivity contribution < 1.29 is 4.79 Å². The van der Waals surface area contributed by atoms with E-state index in [2.05, 4.69) is 11.9 Å². The minimum Gasteiger partial charge on any atom is -0.331 e. The summed E-state index contributed by atoms with van der Waals surface area (Å²) in [7, 11) is 1.97. The van der Waals surface area contributed by atoms with Crippen LogP contribution in [0.5, 0.6) is 0 Å². The van der Waals surface area contributed by atoms with Gasteiger partial charge in [-0.05, 0) is 18.2 Å². The normalized spacial score (nSPS) is 10.7. The van der Waals surface area contributed by atoms with Crippen LogP contribution in [0.2, 0.25) is 0 Å². The maximum Gasteiger partial charge on any atom is 0.150 e. The SMILES string of the molecule is CCc1nc2ccc(C=O)cc2n1C. The Morgan fingerprint density at radius 3 is 2.93 bits per heavy atom. The van der Waals surface area contributed by atoms with Crippen molar-refractivity contribution in [2.24, 2.45) is 7.05 Å². The number of fused-ring (bicyclic) bond motifs is 1. The summed E-state index contributed by atoms with van der Waals surface area (Å²) < 4.78 is 2.03. The lowest BCUT2D eigenvalue weighted by Gasteiger charge is -1.98. The predicted molar refractivity (Wildman–Crippen MR) is 55.5 cm³/mol. The van der Waals surface area contributed by atoms with Gasteiger partial charge in [0, 0.05) is 19.0 Å². The second-order valence-electron chi connectivity index (χ2n) is 3.31. The second kappa shape index (κ2) is 3.25. The molecule has 0 aliphatic rings. The Hall–Kier alpha value is -1.64. The Balaban J connectivity index is 2.73. The van der Waals surface area contributed by atoms with Crippen LogP contribution in [0.25, 0.3) is 11.0 Å². The van der Waals surface area contributed by atoms with E-state index < -0.39 is 0 Å². The molecule has 0 unspecified atom stereocenters. The first-order valence-electron chi connectivity index (χ1n) is 4.66. The fraction of sp³-hybridized carbons (Fsp3) is 0.273. The van der Waals surface area contributed by atoms with E-state index in [0.29, 0.717) is 5.56 Å². The van der Waals surface area contributed by atoms with Crippen molar-refractivity contribution in [3.63, 3.8) is 0 Å². The molecular weight excluding hydrogens is 176 g/mol. The van der Waals surface area contributed by atoms with Gasteiger partial charge < -0.3 is 4.57 Å². The van der Waals surface area contributed by atoms with E-state index in [1.807, 2.05) is 23.7 Å². The number of hydrogen-bond donors (Lipinski definition) is 0. The smallest absolute Gasteiger partial charge is 0.150 e. The van der Waals surface area contributed by atoms with Crippen molar-refractivity contribution in [1.82, 2.24) is 9.55 Å². The van der Waals surface area contributed by atoms with Gasteiger partial charge in [-0.1, -0.05) is 6.92 Å². The van der Waals surface area contributed by atoms with Gasteiger partial charge in [-0.3, -0.25) is 4.79 Å². The van der Waals surface area contributed by atoms with Gasteiger partial charge in [0.25, 0.3) is 0 Å². The second-order valence-corrected chi connectivity index (χ2v) is 3.31. The summed E-state index contributed by atoms with van der Waals surface area (Å²) in [6.07, 6.45) is 1.76. The van der Waals surface area contributed by atoms with Gasteiger partial charge in [0.15, 0.2) is 0 Å². The zero-order chi connectivity index (χ0) is 10.1. The number of nitrogens with zero attached hydrogens (tertiary/aromatic N) is 2. The van der Waals surface area contributed by atoms with Crippen LogP contribution in [-0.2, 0) is 13.5 Å². The number of carbonyl (C=O) groups excluding carboxylic acids is 1. The van der Waals surface area contributed by atoms with Crippen molar-refractivity contribution in [3.05, 3.63) is 29.6 Å². The molecule has 0 amide bonds. The van der Waals surface area contributed by atoms with E-state index in [0.717, 1.165) is 29.6 Å². The highest BCUT2D eigenvalue weighted by atomic mass is 16.1. The van der Waals surface area contributed by atoms with Crippen molar-refractivity contribution in [1.29, 1.82) is 0 Å². The van der Waals surface area contributed by atoms with Crippen molar-refractivity contribution in [2.45, 2.75) is 13.3 Å². The van der Waals surface area contributed by atoms with Gasteiger partial charge >= 0.3 is 0 Å². The predicted octanol–water partition coefficient (Wildman–Crippen LogP) is 1.95. The van der Waals surface area contributed by atoms with E-state index in [1.165, 1.54) is 0 Å². The number of aldehydes is 1. The van der Waals surface area contributed by atoms with Gasteiger partial charge in [-0.25, -0.2) is 4.98 Å². The molecule has 2 rings (SSSR count). The Morgan fingerprint density at radius 1 is 1.50 bits per heavy atom. The van der Waals surface area contributed by atoms with Gasteiger partial charge in [-0.15, -0.1) is 0 Å². The number of aromatic nitrogens is 2. The molecule has 0 atom stereocenters. The average molecular weight is 188 g/mol. The van der Waals surface area contributed by atoms with E-state index in [-0.39, 0.29) is 0 Å². The first-order valence-corrected chi connectivity index (χ1v) is 4.66. The van der Waals surface area contributed by atoms with Crippen LogP contribution in [-0.4, -0.2) is 15.8 Å². The Labute approximate surface area is 82.4 Å². The first kappa shape index (κ1) is 8.94. The molecule has 0 N–H and O–H groups in total. The van der Waals surface area contributed by atoms with Gasteiger partial charge in [0.2, 0.25) is 0 Å². The maximum atomic E-state index is 10.6. The number of aryl methyl sites for hydroxylation is 2. The molecule has 0 bridgehead atoms. The van der Waals surface area contributed by atoms with Gasteiger partial charge in [0.1, 0.15) is 12.1 Å². The third-order valence-corrected chi connectivity index (χ3v) is 2.45. The Kier molecular flexibility index (Phi) is 2.08. The quantitative estimate of drug-likeness (QED) is 0.675. The molecule has 3 nitrogen and oxygen atoms in total. The average Bonchev–Trinajstić information content (AvgIpc) is 2.55. The molecule has 1 heterocycles. The third kappa shape index (κ3) is 1.21. The molecule has 3 heteroatoms. The molecule has 1 aromatic heterocycles. The van der Waals surface area contributed by atoms with Crippen LogP contribution < -0.4 is 0 Å². The lowest BCUT2D eigenvalue weighted by Crippen LogP contribution is -1.95. The molecule has 0 fully saturated rings. The minimum atomic E-state index is 0.697. The van der Waals surface area contributed by atoms with Crippen LogP contribution in [0, 0.1) is 0 Å². The highest BCUT2D eigenvalue weighted by Crippen LogP contribution is 2.16. The zero-order valence-electron chi connectivity index (χ0n) is 8.32. The summed E-state index contributed by atoms with van der Waals surface area (Å²) in [5.74, 6) is 1.04. The molecule has 2 aromatic rings. The van der Waals surface area contributed by atoms with E-state index in [4.69, 9.17) is 0 Å². The fourth-order valence-electron chi connectivity index (χ4n) is 1.65. The van der Waals surface area contributed by atoms with Crippen molar-refractivity contribution >= 4 is 17.3 Å². The summed E-state index contributed by atoms with van der Waals surface area (Å²) in [6.45, 7) is 2.07. The van der Waals surface area contributed by atoms with Crippen LogP contribution in [0.15, 0.2) is 18.2 Å².